The molecule has 0 N–H and O–H groups in total. The first-order chi connectivity index (χ1) is 9.08. The minimum Gasteiger partial charge on any atom is -0.299 e. The molecule has 1 heterocycles. The molecule has 0 fully saturated rings. The van der Waals surface area contributed by atoms with Gasteiger partial charge in [0.05, 0.1) is 6.42 Å². The van der Waals surface area contributed by atoms with E-state index in [0.717, 1.165) is 38.1 Å². The SMILES string of the molecule is CCCC(CCC)C(=O)Cc1ncnn1CC(C)C. The molecule has 0 atom stereocenters. The van der Waals surface area contributed by atoms with Crippen LogP contribution in [0.1, 0.15) is 59.2 Å². The van der Waals surface area contributed by atoms with E-state index >= 15 is 0 Å². The number of Topliss-reactive ketones (excluding diaryl/α,β-unsaturated/α-hetero) is 1. The molecule has 0 amide bonds. The van der Waals surface area contributed by atoms with Crippen molar-refractivity contribution in [1.29, 1.82) is 0 Å². The van der Waals surface area contributed by atoms with Crippen molar-refractivity contribution >= 4 is 5.78 Å². The molecular weight excluding hydrogens is 238 g/mol. The van der Waals surface area contributed by atoms with E-state index in [2.05, 4.69) is 37.8 Å². The van der Waals surface area contributed by atoms with E-state index in [-0.39, 0.29) is 5.92 Å². The number of hydrogen-bond donors (Lipinski definition) is 0. The lowest BCUT2D eigenvalue weighted by Gasteiger charge is -2.14. The Hall–Kier alpha value is -1.19. The van der Waals surface area contributed by atoms with Crippen molar-refractivity contribution in [2.45, 2.75) is 66.3 Å². The summed E-state index contributed by atoms with van der Waals surface area (Å²) < 4.78 is 1.87. The number of rotatable bonds is 9. The molecule has 4 nitrogen and oxygen atoms in total. The highest BCUT2D eigenvalue weighted by atomic mass is 16.1. The third kappa shape index (κ3) is 5.13. The van der Waals surface area contributed by atoms with Gasteiger partial charge in [0, 0.05) is 12.5 Å². The fourth-order valence-electron chi connectivity index (χ4n) is 2.39. The van der Waals surface area contributed by atoms with Gasteiger partial charge in [0.2, 0.25) is 0 Å². The van der Waals surface area contributed by atoms with Gasteiger partial charge >= 0.3 is 0 Å². The van der Waals surface area contributed by atoms with Gasteiger partial charge in [-0.05, 0) is 18.8 Å². The minimum absolute atomic E-state index is 0.194. The topological polar surface area (TPSA) is 47.8 Å². The summed E-state index contributed by atoms with van der Waals surface area (Å²) >= 11 is 0. The normalized spacial score (nSPS) is 11.5. The summed E-state index contributed by atoms with van der Waals surface area (Å²) in [6.45, 7) is 9.39. The molecular formula is C15H27N3O. The predicted octanol–water partition coefficient (Wildman–Crippen LogP) is 3.26. The lowest BCUT2D eigenvalue weighted by molar-refractivity contribution is -0.122. The summed E-state index contributed by atoms with van der Waals surface area (Å²) in [5, 5.41) is 4.21. The van der Waals surface area contributed by atoms with E-state index in [9.17, 15) is 4.79 Å². The summed E-state index contributed by atoms with van der Waals surface area (Å²) in [4.78, 5) is 16.6. The highest BCUT2D eigenvalue weighted by Gasteiger charge is 2.19. The molecule has 0 aliphatic rings. The number of ketones is 1. The lowest BCUT2D eigenvalue weighted by atomic mass is 9.92. The second kappa shape index (κ2) is 8.08. The molecule has 0 saturated heterocycles. The van der Waals surface area contributed by atoms with Crippen molar-refractivity contribution in [3.63, 3.8) is 0 Å². The zero-order chi connectivity index (χ0) is 14.3. The third-order valence-electron chi connectivity index (χ3n) is 3.30. The van der Waals surface area contributed by atoms with Crippen molar-refractivity contribution < 1.29 is 4.79 Å². The van der Waals surface area contributed by atoms with Crippen LogP contribution in [0.3, 0.4) is 0 Å². The van der Waals surface area contributed by atoms with Gasteiger partial charge < -0.3 is 0 Å². The van der Waals surface area contributed by atoms with Gasteiger partial charge in [-0.25, -0.2) is 9.67 Å². The van der Waals surface area contributed by atoms with E-state index in [1.165, 1.54) is 0 Å². The smallest absolute Gasteiger partial charge is 0.143 e. The van der Waals surface area contributed by atoms with E-state index in [0.29, 0.717) is 18.1 Å². The quantitative estimate of drug-likeness (QED) is 0.688. The van der Waals surface area contributed by atoms with Gasteiger partial charge in [0.15, 0.2) is 0 Å². The summed E-state index contributed by atoms with van der Waals surface area (Å²) in [7, 11) is 0. The van der Waals surface area contributed by atoms with E-state index in [4.69, 9.17) is 0 Å². The molecule has 1 aromatic heterocycles. The van der Waals surface area contributed by atoms with Crippen LogP contribution in [-0.4, -0.2) is 20.5 Å². The molecule has 0 bridgehead atoms. The summed E-state index contributed by atoms with van der Waals surface area (Å²) in [5.74, 6) is 1.84. The van der Waals surface area contributed by atoms with Crippen LogP contribution in [-0.2, 0) is 17.8 Å². The summed E-state index contributed by atoms with van der Waals surface area (Å²) in [6.07, 6.45) is 6.09. The maximum absolute atomic E-state index is 12.3. The summed E-state index contributed by atoms with van der Waals surface area (Å²) in [5.41, 5.74) is 0. The molecule has 4 heteroatoms. The molecule has 0 aromatic carbocycles. The van der Waals surface area contributed by atoms with Gasteiger partial charge in [-0.15, -0.1) is 0 Å². The Morgan fingerprint density at radius 2 is 1.89 bits per heavy atom. The first kappa shape index (κ1) is 15.9. The molecule has 0 spiro atoms. The first-order valence-electron chi connectivity index (χ1n) is 7.47. The van der Waals surface area contributed by atoms with Crippen LogP contribution in [0.2, 0.25) is 0 Å². The van der Waals surface area contributed by atoms with E-state index < -0.39 is 0 Å². The number of nitrogens with zero attached hydrogens (tertiary/aromatic N) is 3. The van der Waals surface area contributed by atoms with Gasteiger partial charge in [-0.3, -0.25) is 4.79 Å². The van der Waals surface area contributed by atoms with Gasteiger partial charge in [0.1, 0.15) is 17.9 Å². The Labute approximate surface area is 116 Å². The second-order valence-corrected chi connectivity index (χ2v) is 5.67. The molecule has 0 saturated carbocycles. The number of carbonyl (C=O) groups excluding carboxylic acids is 1. The van der Waals surface area contributed by atoms with Gasteiger partial charge in [0.25, 0.3) is 0 Å². The standard InChI is InChI=1S/C15H27N3O/c1-5-7-13(8-6-2)14(19)9-15-16-11-17-18(15)10-12(3)4/h11-13H,5-10H2,1-4H3. The Bertz CT molecular complexity index is 378. The van der Waals surface area contributed by atoms with Gasteiger partial charge in [-0.1, -0.05) is 40.5 Å². The predicted molar refractivity (Wildman–Crippen MR) is 76.9 cm³/mol. The van der Waals surface area contributed by atoms with Crippen LogP contribution in [0, 0.1) is 11.8 Å². The molecule has 19 heavy (non-hydrogen) atoms. The fraction of sp³-hybridized carbons (Fsp3) is 0.800. The molecule has 1 aromatic rings. The van der Waals surface area contributed by atoms with Crippen molar-refractivity contribution in [2.24, 2.45) is 11.8 Å². The maximum Gasteiger partial charge on any atom is 0.143 e. The van der Waals surface area contributed by atoms with Crippen molar-refractivity contribution in [2.75, 3.05) is 0 Å². The van der Waals surface area contributed by atoms with Crippen LogP contribution < -0.4 is 0 Å². The van der Waals surface area contributed by atoms with Crippen molar-refractivity contribution in [3.05, 3.63) is 12.2 Å². The monoisotopic (exact) mass is 265 g/mol. The van der Waals surface area contributed by atoms with E-state index in [1.807, 2.05) is 4.68 Å². The Morgan fingerprint density at radius 3 is 2.42 bits per heavy atom. The maximum atomic E-state index is 12.3. The van der Waals surface area contributed by atoms with Crippen molar-refractivity contribution in [3.8, 4) is 0 Å². The van der Waals surface area contributed by atoms with E-state index in [1.54, 1.807) is 6.33 Å². The minimum atomic E-state index is 0.194. The van der Waals surface area contributed by atoms with Crippen LogP contribution in [0.5, 0.6) is 0 Å². The fourth-order valence-corrected chi connectivity index (χ4v) is 2.39. The number of hydrogen-bond acceptors (Lipinski definition) is 3. The average molecular weight is 265 g/mol. The molecule has 0 unspecified atom stereocenters. The zero-order valence-electron chi connectivity index (χ0n) is 12.7. The van der Waals surface area contributed by atoms with Crippen LogP contribution in [0.4, 0.5) is 0 Å². The zero-order valence-corrected chi connectivity index (χ0v) is 12.7. The number of carbonyl (C=O) groups is 1. The van der Waals surface area contributed by atoms with Crippen LogP contribution >= 0.6 is 0 Å². The molecule has 0 aliphatic heterocycles. The Balaban J connectivity index is 2.66. The highest BCUT2D eigenvalue weighted by Crippen LogP contribution is 2.17. The van der Waals surface area contributed by atoms with Crippen molar-refractivity contribution in [1.82, 2.24) is 14.8 Å². The molecule has 0 radical (unpaired) electrons. The number of aromatic nitrogens is 3. The third-order valence-corrected chi connectivity index (χ3v) is 3.30. The van der Waals surface area contributed by atoms with Crippen LogP contribution in [0.15, 0.2) is 6.33 Å². The molecule has 108 valence electrons. The second-order valence-electron chi connectivity index (χ2n) is 5.67. The Kier molecular flexibility index (Phi) is 6.74. The van der Waals surface area contributed by atoms with Gasteiger partial charge in [-0.2, -0.15) is 5.10 Å². The molecule has 1 rings (SSSR count). The largest absolute Gasteiger partial charge is 0.299 e. The summed E-state index contributed by atoms with van der Waals surface area (Å²) in [6, 6.07) is 0. The Morgan fingerprint density at radius 1 is 1.26 bits per heavy atom. The highest BCUT2D eigenvalue weighted by molar-refractivity contribution is 5.82. The lowest BCUT2D eigenvalue weighted by Crippen LogP contribution is -2.20. The first-order valence-corrected chi connectivity index (χ1v) is 7.47. The average Bonchev–Trinajstić information content (AvgIpc) is 2.75. The van der Waals surface area contributed by atoms with Crippen LogP contribution in [0.25, 0.3) is 0 Å². The molecule has 0 aliphatic carbocycles.